The van der Waals surface area contributed by atoms with Crippen LogP contribution in [0.2, 0.25) is 0 Å². The zero-order valence-corrected chi connectivity index (χ0v) is 15.7. The van der Waals surface area contributed by atoms with Crippen molar-refractivity contribution in [1.29, 1.82) is 0 Å². The molecule has 140 valence electrons. The van der Waals surface area contributed by atoms with Crippen LogP contribution in [0, 0.1) is 0 Å². The van der Waals surface area contributed by atoms with Gasteiger partial charge in [0.05, 0.1) is 18.8 Å². The maximum Gasteiger partial charge on any atom is 0.191 e. The summed E-state index contributed by atoms with van der Waals surface area (Å²) in [6, 6.07) is 15.0. The third-order valence-corrected chi connectivity index (χ3v) is 4.78. The third kappa shape index (κ3) is 5.36. The van der Waals surface area contributed by atoms with Crippen molar-refractivity contribution in [1.82, 2.24) is 15.5 Å². The van der Waals surface area contributed by atoms with Gasteiger partial charge in [-0.2, -0.15) is 0 Å². The minimum absolute atomic E-state index is 0.347. The SMILES string of the molecule is CCNC(=NCC(c1ccccc1)N1CCCC1)NCCc1ccco1. The number of guanidine groups is 1. The van der Waals surface area contributed by atoms with E-state index >= 15 is 0 Å². The molecule has 0 spiro atoms. The molecule has 1 aromatic carbocycles. The van der Waals surface area contributed by atoms with E-state index in [0.29, 0.717) is 6.04 Å². The van der Waals surface area contributed by atoms with E-state index in [-0.39, 0.29) is 0 Å². The highest BCUT2D eigenvalue weighted by Gasteiger charge is 2.23. The van der Waals surface area contributed by atoms with E-state index in [1.165, 1.54) is 18.4 Å². The van der Waals surface area contributed by atoms with Crippen LogP contribution in [-0.4, -0.2) is 43.6 Å². The average molecular weight is 354 g/mol. The Morgan fingerprint density at radius 3 is 2.62 bits per heavy atom. The van der Waals surface area contributed by atoms with E-state index < -0.39 is 0 Å². The maximum atomic E-state index is 5.39. The van der Waals surface area contributed by atoms with Crippen molar-refractivity contribution in [3.05, 3.63) is 60.1 Å². The molecule has 1 unspecified atom stereocenters. The van der Waals surface area contributed by atoms with Crippen LogP contribution >= 0.6 is 0 Å². The molecule has 2 N–H and O–H groups in total. The molecule has 5 nitrogen and oxygen atoms in total. The average Bonchev–Trinajstić information content (AvgIpc) is 3.37. The number of hydrogen-bond donors (Lipinski definition) is 2. The fourth-order valence-corrected chi connectivity index (χ4v) is 3.44. The highest BCUT2D eigenvalue weighted by molar-refractivity contribution is 5.79. The smallest absolute Gasteiger partial charge is 0.191 e. The molecular weight excluding hydrogens is 324 g/mol. The predicted molar refractivity (Wildman–Crippen MR) is 106 cm³/mol. The predicted octanol–water partition coefficient (Wildman–Crippen LogP) is 3.21. The van der Waals surface area contributed by atoms with Crippen molar-refractivity contribution in [2.75, 3.05) is 32.7 Å². The highest BCUT2D eigenvalue weighted by Crippen LogP contribution is 2.25. The van der Waals surface area contributed by atoms with Crippen LogP contribution in [0.25, 0.3) is 0 Å². The zero-order valence-electron chi connectivity index (χ0n) is 15.7. The number of aliphatic imine (C=N–C) groups is 1. The summed E-state index contributed by atoms with van der Waals surface area (Å²) in [4.78, 5) is 7.44. The van der Waals surface area contributed by atoms with Crippen LogP contribution < -0.4 is 10.6 Å². The first-order valence-corrected chi connectivity index (χ1v) is 9.70. The number of benzene rings is 1. The Morgan fingerprint density at radius 1 is 1.12 bits per heavy atom. The lowest BCUT2D eigenvalue weighted by Crippen LogP contribution is -2.39. The third-order valence-electron chi connectivity index (χ3n) is 4.78. The lowest BCUT2D eigenvalue weighted by molar-refractivity contribution is 0.251. The van der Waals surface area contributed by atoms with Gasteiger partial charge in [-0.3, -0.25) is 9.89 Å². The zero-order chi connectivity index (χ0) is 18.0. The summed E-state index contributed by atoms with van der Waals surface area (Å²) in [5.41, 5.74) is 1.35. The fourth-order valence-electron chi connectivity index (χ4n) is 3.44. The van der Waals surface area contributed by atoms with Crippen molar-refractivity contribution in [3.63, 3.8) is 0 Å². The second-order valence-corrected chi connectivity index (χ2v) is 6.65. The van der Waals surface area contributed by atoms with Crippen molar-refractivity contribution >= 4 is 5.96 Å². The van der Waals surface area contributed by atoms with Gasteiger partial charge in [0.1, 0.15) is 5.76 Å². The van der Waals surface area contributed by atoms with Gasteiger partial charge in [0.25, 0.3) is 0 Å². The van der Waals surface area contributed by atoms with Crippen LogP contribution in [-0.2, 0) is 6.42 Å². The quantitative estimate of drug-likeness (QED) is 0.565. The summed E-state index contributed by atoms with van der Waals surface area (Å²) in [7, 11) is 0. The molecule has 5 heteroatoms. The Labute approximate surface area is 156 Å². The topological polar surface area (TPSA) is 52.8 Å². The molecule has 0 amide bonds. The minimum atomic E-state index is 0.347. The Bertz CT molecular complexity index is 648. The molecule has 26 heavy (non-hydrogen) atoms. The Hall–Kier alpha value is -2.27. The van der Waals surface area contributed by atoms with Crippen molar-refractivity contribution in [2.24, 2.45) is 4.99 Å². The summed E-state index contributed by atoms with van der Waals surface area (Å²) >= 11 is 0. The molecule has 1 aromatic heterocycles. The maximum absolute atomic E-state index is 5.39. The molecule has 0 saturated carbocycles. The van der Waals surface area contributed by atoms with E-state index in [0.717, 1.165) is 50.9 Å². The first-order valence-electron chi connectivity index (χ1n) is 9.70. The lowest BCUT2D eigenvalue weighted by Gasteiger charge is -2.27. The number of likely N-dealkylation sites (tertiary alicyclic amines) is 1. The Morgan fingerprint density at radius 2 is 1.92 bits per heavy atom. The number of nitrogens with zero attached hydrogens (tertiary/aromatic N) is 2. The molecular formula is C21H30N4O. The van der Waals surface area contributed by atoms with Crippen molar-refractivity contribution in [3.8, 4) is 0 Å². The van der Waals surface area contributed by atoms with Crippen LogP contribution in [0.4, 0.5) is 0 Å². The van der Waals surface area contributed by atoms with Gasteiger partial charge in [-0.25, -0.2) is 0 Å². The summed E-state index contributed by atoms with van der Waals surface area (Å²) in [6.07, 6.45) is 5.14. The second kappa shape index (κ2) is 10.0. The van der Waals surface area contributed by atoms with Crippen LogP contribution in [0.5, 0.6) is 0 Å². The molecule has 1 aliphatic rings. The van der Waals surface area contributed by atoms with Gasteiger partial charge in [0.15, 0.2) is 5.96 Å². The molecule has 1 saturated heterocycles. The van der Waals surface area contributed by atoms with Gasteiger partial charge in [0, 0.05) is 19.5 Å². The van der Waals surface area contributed by atoms with Gasteiger partial charge >= 0.3 is 0 Å². The molecule has 3 rings (SSSR count). The number of rotatable bonds is 8. The van der Waals surface area contributed by atoms with E-state index in [2.05, 4.69) is 52.8 Å². The van der Waals surface area contributed by atoms with Crippen LogP contribution in [0.3, 0.4) is 0 Å². The second-order valence-electron chi connectivity index (χ2n) is 6.65. The van der Waals surface area contributed by atoms with Crippen LogP contribution in [0.1, 0.15) is 37.1 Å². The number of nitrogens with one attached hydrogen (secondary N) is 2. The highest BCUT2D eigenvalue weighted by atomic mass is 16.3. The van der Waals surface area contributed by atoms with E-state index in [9.17, 15) is 0 Å². The van der Waals surface area contributed by atoms with Crippen LogP contribution in [0.15, 0.2) is 58.1 Å². The Balaban J connectivity index is 1.62. The van der Waals surface area contributed by atoms with Gasteiger partial charge in [-0.05, 0) is 50.6 Å². The molecule has 0 radical (unpaired) electrons. The van der Waals surface area contributed by atoms with Crippen molar-refractivity contribution in [2.45, 2.75) is 32.2 Å². The normalized spacial score (nSPS) is 16.6. The molecule has 2 heterocycles. The molecule has 1 fully saturated rings. The number of hydrogen-bond acceptors (Lipinski definition) is 3. The monoisotopic (exact) mass is 354 g/mol. The largest absolute Gasteiger partial charge is 0.469 e. The first-order chi connectivity index (χ1) is 12.9. The Kier molecular flexibility index (Phi) is 7.14. The standard InChI is InChI=1S/C21H30N4O/c1-2-22-21(23-13-12-19-11-8-16-26-19)24-17-20(25-14-6-7-15-25)18-9-4-3-5-10-18/h3-5,8-11,16,20H,2,6-7,12-15,17H2,1H3,(H2,22,23,24). The van der Waals surface area contributed by atoms with E-state index in [4.69, 9.17) is 9.41 Å². The molecule has 0 aliphatic carbocycles. The summed E-state index contributed by atoms with van der Waals surface area (Å²) in [6.45, 7) is 6.85. The first kappa shape index (κ1) is 18.5. The summed E-state index contributed by atoms with van der Waals surface area (Å²) in [5, 5.41) is 6.77. The molecule has 1 atom stereocenters. The van der Waals surface area contributed by atoms with E-state index in [1.807, 2.05) is 12.1 Å². The van der Waals surface area contributed by atoms with Gasteiger partial charge in [-0.15, -0.1) is 0 Å². The van der Waals surface area contributed by atoms with E-state index in [1.54, 1.807) is 6.26 Å². The number of furan rings is 1. The minimum Gasteiger partial charge on any atom is -0.469 e. The fraction of sp³-hybridized carbons (Fsp3) is 0.476. The summed E-state index contributed by atoms with van der Waals surface area (Å²) < 4.78 is 5.39. The molecule has 0 bridgehead atoms. The van der Waals surface area contributed by atoms with Gasteiger partial charge < -0.3 is 15.1 Å². The van der Waals surface area contributed by atoms with Gasteiger partial charge in [-0.1, -0.05) is 30.3 Å². The lowest BCUT2D eigenvalue weighted by atomic mass is 10.1. The summed E-state index contributed by atoms with van der Waals surface area (Å²) in [5.74, 6) is 1.87. The van der Waals surface area contributed by atoms with Gasteiger partial charge in [0.2, 0.25) is 0 Å². The molecule has 1 aliphatic heterocycles. The molecule has 2 aromatic rings. The van der Waals surface area contributed by atoms with Crippen molar-refractivity contribution < 1.29 is 4.42 Å².